The minimum Gasteiger partial charge on any atom is -0.748 e. The van der Waals surface area contributed by atoms with Crippen LogP contribution in [0.1, 0.15) is 0 Å². The topological polar surface area (TPSA) is 114 Å². The van der Waals surface area contributed by atoms with Gasteiger partial charge in [-0.3, -0.25) is 0 Å². The van der Waals surface area contributed by atoms with E-state index in [-0.39, 0.29) is 75.4 Å². The smallest absolute Gasteiger partial charge is 0.748 e. The zero-order valence-electron chi connectivity index (χ0n) is 13.4. The summed E-state index contributed by atoms with van der Waals surface area (Å²) in [7, 11) is -19.8. The summed E-state index contributed by atoms with van der Waals surface area (Å²) in [5, 5.41) is 0. The third-order valence-electron chi connectivity index (χ3n) is 0. The summed E-state index contributed by atoms with van der Waals surface area (Å²) >= 11 is 0. The maximum absolute atomic E-state index is 9.75. The second kappa shape index (κ2) is 21.1. The van der Waals surface area contributed by atoms with E-state index in [0.717, 1.165) is 0 Å². The molecule has 0 radical (unpaired) electrons. The number of rotatable bonds is 0. The monoisotopic (exact) mass is 392 g/mol. The summed E-state index contributed by atoms with van der Waals surface area (Å²) in [6.07, 6.45) is 1.21. The maximum atomic E-state index is 9.75. The Kier molecular flexibility index (Phi) is 44.0. The van der Waals surface area contributed by atoms with Gasteiger partial charge in [-0.25, -0.2) is 16.8 Å². The fraction of sp³-hybridized carbons (Fsp3) is 1.00. The van der Waals surface area contributed by atoms with Crippen molar-refractivity contribution < 1.29 is 136 Å². The molecule has 0 saturated heterocycles. The summed E-state index contributed by atoms with van der Waals surface area (Å²) in [6, 6.07) is 0. The molecule has 0 rings (SSSR count). The van der Waals surface area contributed by atoms with E-state index in [1.165, 1.54) is 0 Å². The van der Waals surface area contributed by atoms with Crippen molar-refractivity contribution in [3.63, 3.8) is 0 Å². The van der Waals surface area contributed by atoms with Crippen LogP contribution in [0.25, 0.3) is 0 Å². The van der Waals surface area contributed by atoms with Crippen LogP contribution in [-0.4, -0.2) is 53.0 Å². The molecule has 0 bridgehead atoms. The summed E-state index contributed by atoms with van der Waals surface area (Å²) < 4.78 is 132. The van der Waals surface area contributed by atoms with Gasteiger partial charge >= 0.3 is 90.0 Å². The molecular formula is C2H6B2F8Li4O6S2. The zero-order chi connectivity index (χ0) is 18.0. The molecule has 0 aliphatic heterocycles. The number of hydrogen-bond donors (Lipinski definition) is 0. The Bertz CT molecular complexity index is 368. The molecule has 6 nitrogen and oxygen atoms in total. The van der Waals surface area contributed by atoms with Gasteiger partial charge in [0, 0.05) is 12.5 Å². The molecule has 0 aliphatic carbocycles. The molecule has 0 fully saturated rings. The van der Waals surface area contributed by atoms with Crippen molar-refractivity contribution in [2.75, 3.05) is 12.5 Å². The third-order valence-corrected chi connectivity index (χ3v) is 0. The molecule has 0 aromatic heterocycles. The molecule has 0 unspecified atom stereocenters. The van der Waals surface area contributed by atoms with Crippen LogP contribution in [0.4, 0.5) is 34.5 Å². The van der Waals surface area contributed by atoms with Crippen LogP contribution in [0.15, 0.2) is 0 Å². The second-order valence-corrected chi connectivity index (χ2v) is 5.21. The standard InChI is InChI=1S/2CH4O3S.2BF4.4Li/c2*1-5(2,3)4;2*2-1(3,4)5;;;;/h2*1H3,(H,2,3,4);;;;;;/q;;2*-1;4*+1/p-2. The summed E-state index contributed by atoms with van der Waals surface area (Å²) in [5.41, 5.74) is 0. The van der Waals surface area contributed by atoms with Gasteiger partial charge in [-0.2, -0.15) is 0 Å². The van der Waals surface area contributed by atoms with Crippen LogP contribution >= 0.6 is 0 Å². The van der Waals surface area contributed by atoms with E-state index < -0.39 is 34.7 Å². The first-order valence-electron chi connectivity index (χ1n) is 3.56. The first kappa shape index (κ1) is 50.1. The van der Waals surface area contributed by atoms with Crippen LogP contribution in [0.2, 0.25) is 0 Å². The van der Waals surface area contributed by atoms with Crippen molar-refractivity contribution in [2.45, 2.75) is 0 Å². The minimum atomic E-state index is -6.00. The Morgan fingerprint density at radius 2 is 0.542 bits per heavy atom. The van der Waals surface area contributed by atoms with E-state index in [1.54, 1.807) is 0 Å². The Hall–Kier alpha value is 1.78. The van der Waals surface area contributed by atoms with Crippen molar-refractivity contribution >= 4 is 34.7 Å². The van der Waals surface area contributed by atoms with Gasteiger partial charge in [0.1, 0.15) is 0 Å². The van der Waals surface area contributed by atoms with Crippen LogP contribution in [-0.2, 0) is 20.2 Å². The molecule has 0 spiro atoms. The molecule has 0 N–H and O–H groups in total. The molecular weight excluding hydrogens is 386 g/mol. The average molecular weight is 392 g/mol. The van der Waals surface area contributed by atoms with Gasteiger partial charge in [0.2, 0.25) is 0 Å². The Labute approximate surface area is 182 Å². The quantitative estimate of drug-likeness (QED) is 0.230. The molecule has 0 saturated carbocycles. The van der Waals surface area contributed by atoms with Crippen LogP contribution in [0.5, 0.6) is 0 Å². The molecule has 22 heteroatoms. The molecule has 0 amide bonds. The first-order valence-corrected chi connectivity index (χ1v) is 7.20. The first-order chi connectivity index (χ1) is 8.00. The molecule has 0 aliphatic rings. The molecule has 24 heavy (non-hydrogen) atoms. The van der Waals surface area contributed by atoms with Gasteiger partial charge in [0.05, 0.1) is 20.2 Å². The Morgan fingerprint density at radius 1 is 0.542 bits per heavy atom. The van der Waals surface area contributed by atoms with Gasteiger partial charge in [0.25, 0.3) is 0 Å². The zero-order valence-corrected chi connectivity index (χ0v) is 15.1. The van der Waals surface area contributed by atoms with Crippen molar-refractivity contribution in [1.29, 1.82) is 0 Å². The second-order valence-electron chi connectivity index (χ2n) is 2.40. The van der Waals surface area contributed by atoms with E-state index >= 15 is 0 Å². The van der Waals surface area contributed by atoms with Crippen molar-refractivity contribution in [1.82, 2.24) is 0 Å². The number of hydrogen-bond acceptors (Lipinski definition) is 6. The summed E-state index contributed by atoms with van der Waals surface area (Å²) in [5.74, 6) is 0. The van der Waals surface area contributed by atoms with E-state index in [4.69, 9.17) is 25.9 Å². The van der Waals surface area contributed by atoms with Gasteiger partial charge in [-0.05, 0) is 0 Å². The van der Waals surface area contributed by atoms with E-state index in [2.05, 4.69) is 0 Å². The normalized spacial score (nSPS) is 9.83. The molecule has 128 valence electrons. The van der Waals surface area contributed by atoms with E-state index in [0.29, 0.717) is 12.5 Å². The largest absolute Gasteiger partial charge is 1.00 e. The average Bonchev–Trinajstić information content (AvgIpc) is 1.62. The molecule has 0 aromatic rings. The van der Waals surface area contributed by atoms with Crippen molar-refractivity contribution in [3.8, 4) is 0 Å². The van der Waals surface area contributed by atoms with Crippen molar-refractivity contribution in [2.24, 2.45) is 0 Å². The van der Waals surface area contributed by atoms with E-state index in [1.807, 2.05) is 0 Å². The molecule has 0 atom stereocenters. The van der Waals surface area contributed by atoms with Crippen LogP contribution in [0.3, 0.4) is 0 Å². The summed E-state index contributed by atoms with van der Waals surface area (Å²) in [4.78, 5) is 0. The fourth-order valence-electron chi connectivity index (χ4n) is 0. The van der Waals surface area contributed by atoms with Crippen molar-refractivity contribution in [3.05, 3.63) is 0 Å². The van der Waals surface area contributed by atoms with Crippen LogP contribution < -0.4 is 75.4 Å². The maximum Gasteiger partial charge on any atom is 1.00 e. The predicted octanol–water partition coefficient (Wildman–Crippen LogP) is -11.1. The fourth-order valence-corrected chi connectivity index (χ4v) is 0. The summed E-state index contributed by atoms with van der Waals surface area (Å²) in [6.45, 7) is 0. The van der Waals surface area contributed by atoms with Gasteiger partial charge < -0.3 is 43.6 Å². The third kappa shape index (κ3) is 3900. The predicted molar refractivity (Wildman–Crippen MR) is 51.6 cm³/mol. The van der Waals surface area contributed by atoms with Gasteiger partial charge in [-0.15, -0.1) is 0 Å². The van der Waals surface area contributed by atoms with Gasteiger partial charge in [0.15, 0.2) is 0 Å². The minimum absolute atomic E-state index is 0. The van der Waals surface area contributed by atoms with Crippen LogP contribution in [0, 0.1) is 0 Å². The Balaban J connectivity index is -0.0000000225. The SMILES string of the molecule is CS(=O)(=O)[O-].CS(=O)(=O)[O-].F[B-](F)(F)F.F[B-](F)(F)F.[Li+].[Li+].[Li+].[Li+]. The van der Waals surface area contributed by atoms with Gasteiger partial charge in [-0.1, -0.05) is 0 Å². The Morgan fingerprint density at radius 3 is 0.542 bits per heavy atom. The number of halogens is 8. The molecule has 0 aromatic carbocycles. The molecule has 0 heterocycles. The van der Waals surface area contributed by atoms with E-state index in [9.17, 15) is 34.5 Å².